The van der Waals surface area contributed by atoms with Crippen LogP contribution < -0.4 is 5.32 Å². The van der Waals surface area contributed by atoms with Crippen molar-refractivity contribution in [3.63, 3.8) is 0 Å². The molecule has 12 heavy (non-hydrogen) atoms. The summed E-state index contributed by atoms with van der Waals surface area (Å²) >= 11 is 0. The minimum atomic E-state index is 0.809. The van der Waals surface area contributed by atoms with Crippen LogP contribution in [0.2, 0.25) is 0 Å². The zero-order chi connectivity index (χ0) is 8.97. The van der Waals surface area contributed by atoms with E-state index >= 15 is 0 Å². The van der Waals surface area contributed by atoms with Gasteiger partial charge >= 0.3 is 0 Å². The highest BCUT2D eigenvalue weighted by atomic mass is 14.9. The topological polar surface area (TPSA) is 12.0 Å². The molecule has 0 aromatic rings. The van der Waals surface area contributed by atoms with Crippen molar-refractivity contribution < 1.29 is 0 Å². The van der Waals surface area contributed by atoms with E-state index in [1.54, 1.807) is 0 Å². The first kappa shape index (κ1) is 10.0. The molecule has 1 aliphatic heterocycles. The van der Waals surface area contributed by atoms with Crippen LogP contribution in [0.25, 0.3) is 0 Å². The second kappa shape index (κ2) is 4.86. The van der Waals surface area contributed by atoms with Crippen LogP contribution in [0.5, 0.6) is 0 Å². The summed E-state index contributed by atoms with van der Waals surface area (Å²) < 4.78 is 0. The van der Waals surface area contributed by atoms with Crippen LogP contribution in [0.15, 0.2) is 0 Å². The first-order valence-electron chi connectivity index (χ1n) is 5.45. The summed E-state index contributed by atoms with van der Waals surface area (Å²) in [6.45, 7) is 8.20. The van der Waals surface area contributed by atoms with Gasteiger partial charge in [0.15, 0.2) is 0 Å². The van der Waals surface area contributed by atoms with Crippen molar-refractivity contribution in [2.24, 2.45) is 11.8 Å². The van der Waals surface area contributed by atoms with Crippen molar-refractivity contribution in [3.05, 3.63) is 0 Å². The van der Waals surface area contributed by atoms with Gasteiger partial charge in [0.05, 0.1) is 0 Å². The highest BCUT2D eigenvalue weighted by molar-refractivity contribution is 4.78. The fraction of sp³-hybridized carbons (Fsp3) is 1.00. The van der Waals surface area contributed by atoms with Gasteiger partial charge < -0.3 is 5.32 Å². The lowest BCUT2D eigenvalue weighted by Crippen LogP contribution is -2.38. The molecular formula is C11H23N. The number of nitrogens with one attached hydrogen (secondary N) is 1. The number of hydrogen-bond donors (Lipinski definition) is 1. The van der Waals surface area contributed by atoms with Crippen molar-refractivity contribution in [3.8, 4) is 0 Å². The summed E-state index contributed by atoms with van der Waals surface area (Å²) in [7, 11) is 0. The molecule has 2 atom stereocenters. The van der Waals surface area contributed by atoms with Crippen molar-refractivity contribution in [2.45, 2.75) is 52.5 Å². The maximum Gasteiger partial charge on any atom is 0.00721 e. The maximum atomic E-state index is 3.61. The summed E-state index contributed by atoms with van der Waals surface area (Å²) in [5.41, 5.74) is 0. The molecule has 1 heterocycles. The van der Waals surface area contributed by atoms with Crippen LogP contribution in [0.4, 0.5) is 0 Å². The average Bonchev–Trinajstić information content (AvgIpc) is 2.03. The van der Waals surface area contributed by atoms with Crippen LogP contribution in [-0.4, -0.2) is 12.6 Å². The van der Waals surface area contributed by atoms with E-state index in [-0.39, 0.29) is 0 Å². The van der Waals surface area contributed by atoms with Crippen LogP contribution in [0.3, 0.4) is 0 Å². The van der Waals surface area contributed by atoms with Crippen LogP contribution in [-0.2, 0) is 0 Å². The van der Waals surface area contributed by atoms with Crippen molar-refractivity contribution in [2.75, 3.05) is 6.54 Å². The maximum absolute atomic E-state index is 3.61. The fourth-order valence-corrected chi connectivity index (χ4v) is 2.21. The number of rotatable bonds is 3. The molecule has 0 amide bonds. The summed E-state index contributed by atoms with van der Waals surface area (Å²) in [5, 5.41) is 3.61. The SMILES string of the molecule is CCC1CCNC(CC(C)C)C1. The largest absolute Gasteiger partial charge is 0.314 e. The van der Waals surface area contributed by atoms with Crippen molar-refractivity contribution in [1.82, 2.24) is 5.32 Å². The molecule has 0 aliphatic carbocycles. The molecule has 0 aromatic heterocycles. The monoisotopic (exact) mass is 169 g/mol. The Kier molecular flexibility index (Phi) is 4.07. The normalized spacial score (nSPS) is 31.0. The Labute approximate surface area is 76.9 Å². The molecule has 0 spiro atoms. The predicted octanol–water partition coefficient (Wildman–Crippen LogP) is 2.81. The molecule has 1 aliphatic rings. The minimum absolute atomic E-state index is 0.809. The highest BCUT2D eigenvalue weighted by Crippen LogP contribution is 2.22. The van der Waals surface area contributed by atoms with Gasteiger partial charge in [-0.1, -0.05) is 27.2 Å². The molecule has 1 nitrogen and oxygen atoms in total. The first-order valence-corrected chi connectivity index (χ1v) is 5.45. The zero-order valence-corrected chi connectivity index (χ0v) is 8.77. The van der Waals surface area contributed by atoms with Crippen molar-refractivity contribution >= 4 is 0 Å². The van der Waals surface area contributed by atoms with E-state index in [1.165, 1.54) is 32.2 Å². The summed E-state index contributed by atoms with van der Waals surface area (Å²) in [4.78, 5) is 0. The Bertz CT molecular complexity index is 120. The second-order valence-electron chi connectivity index (χ2n) is 4.58. The summed E-state index contributed by atoms with van der Waals surface area (Å²) in [6.07, 6.45) is 5.53. The molecule has 72 valence electrons. The Morgan fingerprint density at radius 2 is 2.17 bits per heavy atom. The van der Waals surface area contributed by atoms with E-state index in [4.69, 9.17) is 0 Å². The van der Waals surface area contributed by atoms with Gasteiger partial charge in [-0.15, -0.1) is 0 Å². The minimum Gasteiger partial charge on any atom is -0.314 e. The Hall–Kier alpha value is -0.0400. The van der Waals surface area contributed by atoms with Gasteiger partial charge in [-0.3, -0.25) is 0 Å². The standard InChI is InChI=1S/C11H23N/c1-4-10-5-6-12-11(8-10)7-9(2)3/h9-12H,4-8H2,1-3H3. The average molecular weight is 169 g/mol. The van der Waals surface area contributed by atoms with E-state index < -0.39 is 0 Å². The molecule has 1 rings (SSSR count). The molecule has 1 fully saturated rings. The van der Waals surface area contributed by atoms with Gasteiger partial charge in [0.25, 0.3) is 0 Å². The molecule has 0 radical (unpaired) electrons. The van der Waals surface area contributed by atoms with Crippen LogP contribution in [0.1, 0.15) is 46.5 Å². The summed E-state index contributed by atoms with van der Waals surface area (Å²) in [5.74, 6) is 1.84. The molecular weight excluding hydrogens is 146 g/mol. The van der Waals surface area contributed by atoms with E-state index in [0.29, 0.717) is 0 Å². The molecule has 0 saturated carbocycles. The van der Waals surface area contributed by atoms with E-state index in [9.17, 15) is 0 Å². The molecule has 1 saturated heterocycles. The van der Waals surface area contributed by atoms with Gasteiger partial charge in [-0.25, -0.2) is 0 Å². The van der Waals surface area contributed by atoms with Crippen LogP contribution >= 0.6 is 0 Å². The third-order valence-corrected chi connectivity index (χ3v) is 2.94. The molecule has 1 heteroatoms. The van der Waals surface area contributed by atoms with E-state index in [0.717, 1.165) is 17.9 Å². The first-order chi connectivity index (χ1) is 5.72. The summed E-state index contributed by atoms with van der Waals surface area (Å²) in [6, 6.07) is 0.809. The number of piperidine rings is 1. The quantitative estimate of drug-likeness (QED) is 0.685. The van der Waals surface area contributed by atoms with Gasteiger partial charge in [-0.2, -0.15) is 0 Å². The molecule has 0 aromatic carbocycles. The molecule has 0 bridgehead atoms. The second-order valence-corrected chi connectivity index (χ2v) is 4.58. The lowest BCUT2D eigenvalue weighted by Gasteiger charge is -2.30. The zero-order valence-electron chi connectivity index (χ0n) is 8.77. The lowest BCUT2D eigenvalue weighted by atomic mass is 9.87. The van der Waals surface area contributed by atoms with Gasteiger partial charge in [0, 0.05) is 6.04 Å². The van der Waals surface area contributed by atoms with Crippen molar-refractivity contribution in [1.29, 1.82) is 0 Å². The van der Waals surface area contributed by atoms with E-state index in [1.807, 2.05) is 0 Å². The smallest absolute Gasteiger partial charge is 0.00721 e. The van der Waals surface area contributed by atoms with E-state index in [2.05, 4.69) is 26.1 Å². The van der Waals surface area contributed by atoms with Gasteiger partial charge in [0.2, 0.25) is 0 Å². The Morgan fingerprint density at radius 1 is 1.42 bits per heavy atom. The third-order valence-electron chi connectivity index (χ3n) is 2.94. The van der Waals surface area contributed by atoms with Crippen LogP contribution in [0, 0.1) is 11.8 Å². The molecule has 1 N–H and O–H groups in total. The third kappa shape index (κ3) is 3.14. The fourth-order valence-electron chi connectivity index (χ4n) is 2.21. The van der Waals surface area contributed by atoms with Gasteiger partial charge in [0.1, 0.15) is 0 Å². The van der Waals surface area contributed by atoms with Gasteiger partial charge in [-0.05, 0) is 37.6 Å². The Morgan fingerprint density at radius 3 is 2.75 bits per heavy atom. The Balaban J connectivity index is 2.25. The molecule has 2 unspecified atom stereocenters. The number of hydrogen-bond acceptors (Lipinski definition) is 1. The predicted molar refractivity (Wildman–Crippen MR) is 54.3 cm³/mol. The lowest BCUT2D eigenvalue weighted by molar-refractivity contribution is 0.268. The highest BCUT2D eigenvalue weighted by Gasteiger charge is 2.20.